The molecule has 0 aromatic carbocycles. The van der Waals surface area contributed by atoms with Crippen LogP contribution >= 0.6 is 0 Å². The minimum Gasteiger partial charge on any atom is -0.412 e. The molecular weight excluding hydrogens is 420 g/mol. The number of nitrogens with zero attached hydrogens (tertiary/aromatic N) is 6. The number of aromatic amines is 2. The summed E-state index contributed by atoms with van der Waals surface area (Å²) in [6, 6.07) is 7.76. The van der Waals surface area contributed by atoms with E-state index in [1.807, 2.05) is 52.0 Å². The van der Waals surface area contributed by atoms with Crippen LogP contribution in [0.4, 0.5) is 11.6 Å². The molecule has 0 aliphatic heterocycles. The molecule has 0 spiro atoms. The minimum atomic E-state index is 0. The Morgan fingerprint density at radius 2 is 1.12 bits per heavy atom. The van der Waals surface area contributed by atoms with E-state index in [4.69, 9.17) is 0 Å². The maximum Gasteiger partial charge on any atom is 0.155 e. The van der Waals surface area contributed by atoms with Crippen molar-refractivity contribution in [2.75, 3.05) is 23.7 Å². The van der Waals surface area contributed by atoms with E-state index in [0.29, 0.717) is 0 Å². The molecule has 4 aromatic rings. The first-order valence-electron chi connectivity index (χ1n) is 10.9. The van der Waals surface area contributed by atoms with E-state index in [-0.39, 0.29) is 5.48 Å². The molecule has 4 rings (SSSR count). The van der Waals surface area contributed by atoms with Crippen LogP contribution in [0, 0.1) is 0 Å². The van der Waals surface area contributed by atoms with Gasteiger partial charge in [0.25, 0.3) is 0 Å². The van der Waals surface area contributed by atoms with E-state index in [1.165, 1.54) is 0 Å². The molecule has 0 radical (unpaired) electrons. The lowest BCUT2D eigenvalue weighted by Gasteiger charge is -2.02. The van der Waals surface area contributed by atoms with Gasteiger partial charge in [-0.25, -0.2) is 19.9 Å². The largest absolute Gasteiger partial charge is 0.412 e. The van der Waals surface area contributed by atoms with Crippen molar-refractivity contribution in [3.8, 4) is 22.8 Å². The number of rotatable bonds is 8. The third-order valence-electron chi connectivity index (χ3n) is 4.48. The van der Waals surface area contributed by atoms with E-state index in [1.54, 1.807) is 12.4 Å². The van der Waals surface area contributed by atoms with Crippen LogP contribution in [-0.4, -0.2) is 58.9 Å². The molecule has 0 aliphatic carbocycles. The highest BCUT2D eigenvalue weighted by atomic mass is 16.0. The van der Waals surface area contributed by atoms with Crippen molar-refractivity contribution in [1.29, 1.82) is 0 Å². The number of aryl methyl sites for hydroxylation is 2. The number of hydrogen-bond acceptors (Lipinski definition) is 8. The number of hydrogen-bond donors (Lipinski definition) is 4. The SMILES string of the molecule is CCNc1cc(-c2nc(CC)n[nH]2)ccn1.CCNc1cc(-c2nc(CC)n[nH]2)ccn1.O. The molecule has 0 saturated carbocycles. The van der Waals surface area contributed by atoms with Gasteiger partial charge < -0.3 is 16.1 Å². The van der Waals surface area contributed by atoms with Gasteiger partial charge in [-0.15, -0.1) is 0 Å². The fourth-order valence-electron chi connectivity index (χ4n) is 2.88. The third kappa shape index (κ3) is 7.07. The summed E-state index contributed by atoms with van der Waals surface area (Å²) in [6.45, 7) is 9.85. The summed E-state index contributed by atoms with van der Waals surface area (Å²) >= 11 is 0. The molecule has 0 fully saturated rings. The Hall–Kier alpha value is -3.86. The Morgan fingerprint density at radius 3 is 1.45 bits per heavy atom. The first-order chi connectivity index (χ1) is 15.7. The molecule has 0 atom stereocenters. The van der Waals surface area contributed by atoms with Gasteiger partial charge in [-0.3, -0.25) is 10.2 Å². The van der Waals surface area contributed by atoms with Crippen molar-refractivity contribution in [3.05, 3.63) is 48.3 Å². The van der Waals surface area contributed by atoms with Crippen molar-refractivity contribution in [3.63, 3.8) is 0 Å². The van der Waals surface area contributed by atoms with Crippen molar-refractivity contribution in [1.82, 2.24) is 40.3 Å². The van der Waals surface area contributed by atoms with Crippen molar-refractivity contribution < 1.29 is 5.48 Å². The van der Waals surface area contributed by atoms with Gasteiger partial charge in [0, 0.05) is 49.5 Å². The fraction of sp³-hybridized carbons (Fsp3) is 0.364. The molecule has 0 unspecified atom stereocenters. The van der Waals surface area contributed by atoms with Gasteiger partial charge in [0.05, 0.1) is 0 Å². The van der Waals surface area contributed by atoms with E-state index in [0.717, 1.165) is 72.0 Å². The number of H-pyrrole nitrogens is 2. The van der Waals surface area contributed by atoms with Gasteiger partial charge >= 0.3 is 0 Å². The summed E-state index contributed by atoms with van der Waals surface area (Å²) in [5.74, 6) is 4.95. The third-order valence-corrected chi connectivity index (χ3v) is 4.48. The van der Waals surface area contributed by atoms with Crippen molar-refractivity contribution in [2.24, 2.45) is 0 Å². The van der Waals surface area contributed by atoms with Crippen LogP contribution in [0.5, 0.6) is 0 Å². The normalized spacial score (nSPS) is 10.1. The number of aromatic nitrogens is 8. The van der Waals surface area contributed by atoms with Crippen LogP contribution in [0.2, 0.25) is 0 Å². The zero-order valence-corrected chi connectivity index (χ0v) is 19.5. The lowest BCUT2D eigenvalue weighted by molar-refractivity contribution is 0.824. The van der Waals surface area contributed by atoms with Gasteiger partial charge in [-0.2, -0.15) is 10.2 Å². The first kappa shape index (κ1) is 25.4. The highest BCUT2D eigenvalue weighted by molar-refractivity contribution is 5.59. The molecular formula is C22H32N10O. The summed E-state index contributed by atoms with van der Waals surface area (Å²) in [5, 5.41) is 20.4. The second-order valence-electron chi connectivity index (χ2n) is 6.83. The summed E-state index contributed by atoms with van der Waals surface area (Å²) in [4.78, 5) is 17.2. The maximum atomic E-state index is 4.38. The van der Waals surface area contributed by atoms with Gasteiger partial charge in [0.15, 0.2) is 23.3 Å². The number of nitrogens with one attached hydrogen (secondary N) is 4. The van der Waals surface area contributed by atoms with E-state index < -0.39 is 0 Å². The van der Waals surface area contributed by atoms with E-state index >= 15 is 0 Å². The van der Waals surface area contributed by atoms with E-state index in [9.17, 15) is 0 Å². The number of pyridine rings is 2. The average Bonchev–Trinajstić information content (AvgIpc) is 3.50. The Labute approximate surface area is 193 Å². The minimum absolute atomic E-state index is 0. The Balaban J connectivity index is 0.000000227. The van der Waals surface area contributed by atoms with Crippen molar-refractivity contribution >= 4 is 11.6 Å². The molecule has 0 aliphatic rings. The highest BCUT2D eigenvalue weighted by Gasteiger charge is 2.06. The molecule has 6 N–H and O–H groups in total. The monoisotopic (exact) mass is 452 g/mol. The molecule has 176 valence electrons. The molecule has 11 heteroatoms. The standard InChI is InChI=1S/2C11H15N5.H2O/c2*1-3-9-14-11(16-15-9)8-5-6-13-10(7-8)12-4-2;/h2*5-7H,3-4H2,1-2H3,(H,12,13)(H,14,15,16);1H2. The Kier molecular flexibility index (Phi) is 9.90. The molecule has 0 amide bonds. The van der Waals surface area contributed by atoms with Crippen LogP contribution in [0.1, 0.15) is 39.3 Å². The Bertz CT molecular complexity index is 1020. The van der Waals surface area contributed by atoms with Crippen LogP contribution < -0.4 is 10.6 Å². The smallest absolute Gasteiger partial charge is 0.155 e. The topological polar surface area (TPSA) is 164 Å². The van der Waals surface area contributed by atoms with E-state index in [2.05, 4.69) is 51.0 Å². The molecule has 0 saturated heterocycles. The molecule has 0 bridgehead atoms. The zero-order valence-electron chi connectivity index (χ0n) is 19.5. The predicted molar refractivity (Wildman–Crippen MR) is 130 cm³/mol. The molecule has 4 aromatic heterocycles. The molecule has 33 heavy (non-hydrogen) atoms. The summed E-state index contributed by atoms with van der Waals surface area (Å²) in [5.41, 5.74) is 2.00. The molecule has 4 heterocycles. The summed E-state index contributed by atoms with van der Waals surface area (Å²) < 4.78 is 0. The van der Waals surface area contributed by atoms with Crippen LogP contribution in [0.15, 0.2) is 36.7 Å². The second kappa shape index (κ2) is 12.9. The van der Waals surface area contributed by atoms with Crippen molar-refractivity contribution in [2.45, 2.75) is 40.5 Å². The highest BCUT2D eigenvalue weighted by Crippen LogP contribution is 2.18. The zero-order chi connectivity index (χ0) is 22.8. The number of anilines is 2. The quantitative estimate of drug-likeness (QED) is 0.317. The Morgan fingerprint density at radius 1 is 0.697 bits per heavy atom. The van der Waals surface area contributed by atoms with Gasteiger partial charge in [0.2, 0.25) is 0 Å². The van der Waals surface area contributed by atoms with Crippen LogP contribution in [0.25, 0.3) is 22.8 Å². The fourth-order valence-corrected chi connectivity index (χ4v) is 2.88. The average molecular weight is 453 g/mol. The lowest BCUT2D eigenvalue weighted by atomic mass is 10.2. The second-order valence-corrected chi connectivity index (χ2v) is 6.83. The van der Waals surface area contributed by atoms with Crippen LogP contribution in [0.3, 0.4) is 0 Å². The van der Waals surface area contributed by atoms with Crippen LogP contribution in [-0.2, 0) is 12.8 Å². The molecule has 11 nitrogen and oxygen atoms in total. The van der Waals surface area contributed by atoms with Gasteiger partial charge in [-0.05, 0) is 38.1 Å². The van der Waals surface area contributed by atoms with Gasteiger partial charge in [0.1, 0.15) is 11.6 Å². The summed E-state index contributed by atoms with van der Waals surface area (Å²) in [6.07, 6.45) is 5.20. The summed E-state index contributed by atoms with van der Waals surface area (Å²) in [7, 11) is 0. The predicted octanol–water partition coefficient (Wildman–Crippen LogP) is 2.90. The maximum absolute atomic E-state index is 4.38. The van der Waals surface area contributed by atoms with Gasteiger partial charge in [-0.1, -0.05) is 13.8 Å². The lowest BCUT2D eigenvalue weighted by Crippen LogP contribution is -1.98. The first-order valence-corrected chi connectivity index (χ1v) is 10.9.